The van der Waals surface area contributed by atoms with Gasteiger partial charge in [-0.25, -0.2) is 17.7 Å². The van der Waals surface area contributed by atoms with E-state index < -0.39 is 10.0 Å². The molecule has 1 amide bonds. The first kappa shape index (κ1) is 22.6. The number of likely N-dealkylation sites (N-methyl/N-ethyl adjacent to an activating group) is 1. The maximum absolute atomic E-state index is 13.3. The fourth-order valence-corrected chi connectivity index (χ4v) is 4.89. The Hall–Kier alpha value is -2.04. The number of carbonyl (C=O) groups is 1. The topological polar surface area (TPSA) is 73.8 Å². The van der Waals surface area contributed by atoms with Gasteiger partial charge in [0.15, 0.2) is 5.13 Å². The molecule has 160 valence electrons. The highest BCUT2D eigenvalue weighted by Gasteiger charge is 2.23. The van der Waals surface area contributed by atoms with Gasteiger partial charge in [-0.05, 0) is 56.6 Å². The molecule has 1 heterocycles. The highest BCUT2D eigenvalue weighted by molar-refractivity contribution is 7.89. The van der Waals surface area contributed by atoms with Crippen LogP contribution in [0.4, 0.5) is 5.13 Å². The monoisotopic (exact) mass is 466 g/mol. The maximum atomic E-state index is 13.3. The van der Waals surface area contributed by atoms with E-state index in [1.807, 2.05) is 31.1 Å². The van der Waals surface area contributed by atoms with E-state index in [1.54, 1.807) is 11.0 Å². The Balaban J connectivity index is 1.95. The van der Waals surface area contributed by atoms with Gasteiger partial charge in [0.05, 0.1) is 15.1 Å². The minimum Gasteiger partial charge on any atom is -0.308 e. The summed E-state index contributed by atoms with van der Waals surface area (Å²) in [5.41, 5.74) is 1.17. The normalized spacial score (nSPS) is 12.1. The third-order valence-electron chi connectivity index (χ3n) is 4.47. The molecule has 0 spiro atoms. The number of hydrogen-bond acceptors (Lipinski definition) is 6. The Labute approximate surface area is 185 Å². The quantitative estimate of drug-likeness (QED) is 0.533. The van der Waals surface area contributed by atoms with Crippen LogP contribution in [0.5, 0.6) is 0 Å². The molecule has 3 aromatic rings. The fraction of sp³-hybridized carbons (Fsp3) is 0.300. The van der Waals surface area contributed by atoms with Gasteiger partial charge >= 0.3 is 0 Å². The van der Waals surface area contributed by atoms with Crippen LogP contribution in [0.15, 0.2) is 47.4 Å². The van der Waals surface area contributed by atoms with Crippen molar-refractivity contribution in [1.82, 2.24) is 14.2 Å². The summed E-state index contributed by atoms with van der Waals surface area (Å²) in [5.74, 6) is -0.240. The largest absolute Gasteiger partial charge is 0.308 e. The van der Waals surface area contributed by atoms with Gasteiger partial charge in [-0.15, -0.1) is 0 Å². The fourth-order valence-electron chi connectivity index (χ4n) is 2.72. The lowest BCUT2D eigenvalue weighted by atomic mass is 10.2. The summed E-state index contributed by atoms with van der Waals surface area (Å²) in [7, 11) is 3.25. The van der Waals surface area contributed by atoms with E-state index >= 15 is 0 Å². The van der Waals surface area contributed by atoms with E-state index in [1.165, 1.54) is 49.7 Å². The molecule has 0 atom stereocenters. The standard InChI is InChI=1S/C20H23ClN4O3S2/c1-23(2)11-12-25(20-22-17-10-7-15(21)13-18(17)29-20)19(26)14-5-8-16(9-6-14)30(27,28)24(3)4/h5-10,13H,11-12H2,1-4H3. The van der Waals surface area contributed by atoms with Gasteiger partial charge < -0.3 is 4.90 Å². The SMILES string of the molecule is CN(C)CCN(C(=O)c1ccc(S(=O)(=O)N(C)C)cc1)c1nc2ccc(Cl)cc2s1. The summed E-state index contributed by atoms with van der Waals surface area (Å²) in [4.78, 5) is 21.6. The van der Waals surface area contributed by atoms with Crippen molar-refractivity contribution in [2.24, 2.45) is 0 Å². The van der Waals surface area contributed by atoms with Crippen LogP contribution >= 0.6 is 22.9 Å². The van der Waals surface area contributed by atoms with Crippen molar-refractivity contribution in [1.29, 1.82) is 0 Å². The number of nitrogens with zero attached hydrogens (tertiary/aromatic N) is 4. The first-order valence-corrected chi connectivity index (χ1v) is 11.8. The third kappa shape index (κ3) is 4.81. The number of sulfonamides is 1. The maximum Gasteiger partial charge on any atom is 0.260 e. The van der Waals surface area contributed by atoms with Crippen LogP contribution in [-0.2, 0) is 10.0 Å². The summed E-state index contributed by atoms with van der Waals surface area (Å²) >= 11 is 7.48. The number of anilines is 1. The number of thiazole rings is 1. The molecule has 10 heteroatoms. The zero-order chi connectivity index (χ0) is 22.1. The number of aromatic nitrogens is 1. The molecule has 0 aliphatic rings. The second kappa shape index (κ2) is 8.99. The average molecular weight is 467 g/mol. The van der Waals surface area contributed by atoms with Crippen molar-refractivity contribution in [3.63, 3.8) is 0 Å². The predicted molar refractivity (Wildman–Crippen MR) is 122 cm³/mol. The van der Waals surface area contributed by atoms with Gasteiger partial charge in [-0.2, -0.15) is 0 Å². The van der Waals surface area contributed by atoms with Crippen LogP contribution < -0.4 is 4.90 Å². The van der Waals surface area contributed by atoms with Gasteiger partial charge in [0.25, 0.3) is 5.91 Å². The lowest BCUT2D eigenvalue weighted by Crippen LogP contribution is -2.36. The predicted octanol–water partition coefficient (Wildman–Crippen LogP) is 3.41. The zero-order valence-electron chi connectivity index (χ0n) is 17.2. The van der Waals surface area contributed by atoms with Crippen molar-refractivity contribution < 1.29 is 13.2 Å². The number of rotatable bonds is 7. The lowest BCUT2D eigenvalue weighted by Gasteiger charge is -2.22. The van der Waals surface area contributed by atoms with Gasteiger partial charge in [-0.1, -0.05) is 22.9 Å². The third-order valence-corrected chi connectivity index (χ3v) is 7.57. The van der Waals surface area contributed by atoms with E-state index in [-0.39, 0.29) is 10.8 Å². The average Bonchev–Trinajstić information content (AvgIpc) is 3.10. The van der Waals surface area contributed by atoms with Crippen LogP contribution in [0.25, 0.3) is 10.2 Å². The molecule has 2 aromatic carbocycles. The number of carbonyl (C=O) groups excluding carboxylic acids is 1. The molecule has 0 fully saturated rings. The van der Waals surface area contributed by atoms with Crippen molar-refractivity contribution in [3.05, 3.63) is 53.1 Å². The van der Waals surface area contributed by atoms with Crippen LogP contribution in [-0.4, -0.2) is 69.8 Å². The first-order chi connectivity index (χ1) is 14.1. The van der Waals surface area contributed by atoms with Crippen LogP contribution in [0.1, 0.15) is 10.4 Å². The Kier molecular flexibility index (Phi) is 6.78. The molecule has 30 heavy (non-hydrogen) atoms. The lowest BCUT2D eigenvalue weighted by molar-refractivity contribution is 0.0985. The smallest absolute Gasteiger partial charge is 0.260 e. The van der Waals surface area contributed by atoms with Crippen LogP contribution in [0, 0.1) is 0 Å². The number of fused-ring (bicyclic) bond motifs is 1. The number of benzene rings is 2. The van der Waals surface area contributed by atoms with E-state index in [0.29, 0.717) is 28.8 Å². The van der Waals surface area contributed by atoms with Gasteiger partial charge in [0, 0.05) is 37.8 Å². The minimum atomic E-state index is -3.56. The van der Waals surface area contributed by atoms with E-state index in [4.69, 9.17) is 11.6 Å². The molecular weight excluding hydrogens is 444 g/mol. The Morgan fingerprint density at radius 3 is 2.30 bits per heavy atom. The van der Waals surface area contributed by atoms with Gasteiger partial charge in [0.1, 0.15) is 0 Å². The summed E-state index contributed by atoms with van der Waals surface area (Å²) in [6, 6.07) is 11.4. The molecule has 0 saturated carbocycles. The van der Waals surface area contributed by atoms with E-state index in [2.05, 4.69) is 4.98 Å². The molecule has 1 aromatic heterocycles. The molecule has 0 bridgehead atoms. The Morgan fingerprint density at radius 2 is 1.70 bits per heavy atom. The molecule has 0 radical (unpaired) electrons. The number of hydrogen-bond donors (Lipinski definition) is 0. The molecule has 0 aliphatic heterocycles. The summed E-state index contributed by atoms with van der Waals surface area (Å²) < 4.78 is 26.6. The second-order valence-corrected chi connectivity index (χ2v) is 10.8. The van der Waals surface area contributed by atoms with Crippen LogP contribution in [0.2, 0.25) is 5.02 Å². The minimum absolute atomic E-state index is 0.138. The zero-order valence-corrected chi connectivity index (χ0v) is 19.6. The molecule has 0 aliphatic carbocycles. The summed E-state index contributed by atoms with van der Waals surface area (Å²) in [6.45, 7) is 1.09. The highest BCUT2D eigenvalue weighted by Crippen LogP contribution is 2.31. The highest BCUT2D eigenvalue weighted by atomic mass is 35.5. The van der Waals surface area contributed by atoms with Crippen molar-refractivity contribution in [3.8, 4) is 0 Å². The summed E-state index contributed by atoms with van der Waals surface area (Å²) in [6.07, 6.45) is 0. The summed E-state index contributed by atoms with van der Waals surface area (Å²) in [5, 5.41) is 1.19. The van der Waals surface area contributed by atoms with E-state index in [0.717, 1.165) is 14.5 Å². The molecule has 0 saturated heterocycles. The van der Waals surface area contributed by atoms with Crippen LogP contribution in [0.3, 0.4) is 0 Å². The van der Waals surface area contributed by atoms with Crippen molar-refractivity contribution in [2.45, 2.75) is 4.90 Å². The molecule has 0 N–H and O–H groups in total. The first-order valence-electron chi connectivity index (χ1n) is 9.15. The van der Waals surface area contributed by atoms with E-state index in [9.17, 15) is 13.2 Å². The number of halogens is 1. The molecule has 0 unspecified atom stereocenters. The molecule has 7 nitrogen and oxygen atoms in total. The van der Waals surface area contributed by atoms with Gasteiger partial charge in [0.2, 0.25) is 10.0 Å². The Bertz CT molecular complexity index is 1160. The van der Waals surface area contributed by atoms with Crippen molar-refractivity contribution in [2.75, 3.05) is 46.2 Å². The number of amides is 1. The molecular formula is C20H23ClN4O3S2. The van der Waals surface area contributed by atoms with Crippen molar-refractivity contribution >= 4 is 54.2 Å². The second-order valence-electron chi connectivity index (χ2n) is 7.18. The van der Waals surface area contributed by atoms with Gasteiger partial charge in [-0.3, -0.25) is 9.69 Å². The molecule has 3 rings (SSSR count). The Morgan fingerprint density at radius 1 is 1.03 bits per heavy atom.